The molecule has 0 aliphatic carbocycles. The number of nitrogens with one attached hydrogen (secondary N) is 1. The number of benzene rings is 2. The van der Waals surface area contributed by atoms with Crippen molar-refractivity contribution in [1.82, 2.24) is 4.90 Å². The number of carboxylic acid groups (broad SMARTS) is 1. The first-order valence-electron chi connectivity index (χ1n) is 12.0. The highest BCUT2D eigenvalue weighted by Gasteiger charge is 2.42. The maximum atomic E-state index is 13.6. The number of hydrogen-bond acceptors (Lipinski definition) is 6. The Morgan fingerprint density at radius 1 is 0.973 bits per heavy atom. The van der Waals surface area contributed by atoms with Gasteiger partial charge in [-0.3, -0.25) is 29.0 Å². The third-order valence-electron chi connectivity index (χ3n) is 6.36. The predicted octanol–water partition coefficient (Wildman–Crippen LogP) is 4.51. The minimum Gasteiger partial charge on any atom is -0.481 e. The molecule has 2 heterocycles. The van der Waals surface area contributed by atoms with Crippen molar-refractivity contribution in [3.05, 3.63) is 64.1 Å². The lowest BCUT2D eigenvalue weighted by Crippen LogP contribution is -2.35. The van der Waals surface area contributed by atoms with E-state index >= 15 is 0 Å². The number of para-hydroxylation sites is 1. The van der Waals surface area contributed by atoms with Crippen molar-refractivity contribution in [2.45, 2.75) is 39.5 Å². The van der Waals surface area contributed by atoms with Crippen molar-refractivity contribution >= 4 is 68.9 Å². The summed E-state index contributed by atoms with van der Waals surface area (Å²) in [6.45, 7) is 4.11. The van der Waals surface area contributed by atoms with Crippen LogP contribution in [0.4, 0.5) is 11.4 Å². The van der Waals surface area contributed by atoms with Gasteiger partial charge in [0.25, 0.3) is 11.8 Å². The number of unbranched alkanes of at least 4 members (excludes halogenated alkanes) is 2. The molecule has 0 aromatic heterocycles. The summed E-state index contributed by atoms with van der Waals surface area (Å²) >= 11 is 6.52. The Labute approximate surface area is 224 Å². The van der Waals surface area contributed by atoms with Crippen LogP contribution in [0.25, 0.3) is 5.57 Å². The number of rotatable bonds is 9. The van der Waals surface area contributed by atoms with Crippen molar-refractivity contribution < 1.29 is 24.3 Å². The molecule has 0 saturated carbocycles. The van der Waals surface area contributed by atoms with Crippen molar-refractivity contribution in [3.8, 4) is 0 Å². The van der Waals surface area contributed by atoms with Crippen molar-refractivity contribution in [3.63, 3.8) is 0 Å². The van der Waals surface area contributed by atoms with Crippen LogP contribution in [0.5, 0.6) is 0 Å². The van der Waals surface area contributed by atoms with Gasteiger partial charge >= 0.3 is 5.97 Å². The number of amides is 3. The van der Waals surface area contributed by atoms with E-state index in [1.807, 2.05) is 32.0 Å². The standard InChI is InChI=1S/C27H27N3O5S2/c1-16-11-12-18(14-17(16)2)28-21(31)15-30-20-9-6-5-8-19(20)23(25(30)34)24-26(35)29(27(36)37-24)13-7-3-4-10-22(32)33/h5-6,8-9,11-12,14H,3-4,7,10,13,15H2,1-2H3,(H,28,31)(H,32,33)/b24-23-. The first-order valence-corrected chi connectivity index (χ1v) is 13.2. The monoisotopic (exact) mass is 537 g/mol. The third kappa shape index (κ3) is 5.75. The van der Waals surface area contributed by atoms with E-state index < -0.39 is 11.9 Å². The second-order valence-corrected chi connectivity index (χ2v) is 10.6. The molecule has 0 atom stereocenters. The lowest BCUT2D eigenvalue weighted by Gasteiger charge is -2.17. The van der Waals surface area contributed by atoms with E-state index in [1.54, 1.807) is 24.3 Å². The number of carbonyl (C=O) groups excluding carboxylic acids is 3. The molecular weight excluding hydrogens is 510 g/mol. The zero-order chi connectivity index (χ0) is 26.7. The van der Waals surface area contributed by atoms with Gasteiger partial charge in [0.2, 0.25) is 5.91 Å². The highest BCUT2D eigenvalue weighted by molar-refractivity contribution is 8.26. The van der Waals surface area contributed by atoms with E-state index in [0.29, 0.717) is 47.1 Å². The van der Waals surface area contributed by atoms with Crippen molar-refractivity contribution in [2.75, 3.05) is 23.3 Å². The summed E-state index contributed by atoms with van der Waals surface area (Å²) in [5.74, 6) is -1.95. The molecule has 2 aromatic rings. The van der Waals surface area contributed by atoms with Crippen LogP contribution < -0.4 is 10.2 Å². The van der Waals surface area contributed by atoms with Crippen LogP contribution in [0.3, 0.4) is 0 Å². The summed E-state index contributed by atoms with van der Waals surface area (Å²) in [6.07, 6.45) is 1.87. The van der Waals surface area contributed by atoms with Crippen LogP contribution in [-0.2, 0) is 19.2 Å². The van der Waals surface area contributed by atoms with Gasteiger partial charge in [-0.15, -0.1) is 0 Å². The van der Waals surface area contributed by atoms with Gasteiger partial charge < -0.3 is 10.4 Å². The molecule has 192 valence electrons. The molecule has 37 heavy (non-hydrogen) atoms. The molecule has 8 nitrogen and oxygen atoms in total. The second-order valence-electron chi connectivity index (χ2n) is 8.99. The Hall–Kier alpha value is -3.50. The van der Waals surface area contributed by atoms with Gasteiger partial charge in [-0.25, -0.2) is 0 Å². The smallest absolute Gasteiger partial charge is 0.303 e. The molecule has 0 spiro atoms. The Kier molecular flexibility index (Phi) is 8.09. The summed E-state index contributed by atoms with van der Waals surface area (Å²) in [5.41, 5.74) is 4.22. The molecule has 4 rings (SSSR count). The normalized spacial score (nSPS) is 17.0. The van der Waals surface area contributed by atoms with Gasteiger partial charge in [-0.1, -0.05) is 54.7 Å². The van der Waals surface area contributed by atoms with Crippen LogP contribution in [0.2, 0.25) is 0 Å². The summed E-state index contributed by atoms with van der Waals surface area (Å²) in [7, 11) is 0. The van der Waals surface area contributed by atoms with Gasteiger partial charge in [0.15, 0.2) is 0 Å². The minimum atomic E-state index is -0.846. The maximum Gasteiger partial charge on any atom is 0.303 e. The molecular formula is C27H27N3O5S2. The predicted molar refractivity (Wildman–Crippen MR) is 148 cm³/mol. The fourth-order valence-electron chi connectivity index (χ4n) is 4.28. The Balaban J connectivity index is 1.52. The van der Waals surface area contributed by atoms with Crippen molar-refractivity contribution in [2.24, 2.45) is 0 Å². The highest BCUT2D eigenvalue weighted by atomic mass is 32.2. The van der Waals surface area contributed by atoms with Gasteiger partial charge in [-0.2, -0.15) is 0 Å². The number of aryl methyl sites for hydroxylation is 2. The average molecular weight is 538 g/mol. The lowest BCUT2D eigenvalue weighted by molar-refractivity contribution is -0.137. The fraction of sp³-hybridized carbons (Fsp3) is 0.296. The highest BCUT2D eigenvalue weighted by Crippen LogP contribution is 2.44. The topological polar surface area (TPSA) is 107 Å². The van der Waals surface area contributed by atoms with Gasteiger partial charge in [-0.05, 0) is 56.0 Å². The Morgan fingerprint density at radius 2 is 1.73 bits per heavy atom. The number of aliphatic carboxylic acids is 1. The SMILES string of the molecule is Cc1ccc(NC(=O)CN2C(=O)/C(=C3\SC(=S)N(CCCCCC(=O)O)C3=O)c3ccccc32)cc1C. The van der Waals surface area contributed by atoms with Gasteiger partial charge in [0.05, 0.1) is 16.2 Å². The number of carbonyl (C=O) groups is 4. The summed E-state index contributed by atoms with van der Waals surface area (Å²) < 4.78 is 0.363. The zero-order valence-electron chi connectivity index (χ0n) is 20.6. The number of thiocarbonyl (C=S) groups is 1. The number of anilines is 2. The van der Waals surface area contributed by atoms with Crippen LogP contribution >= 0.6 is 24.0 Å². The first kappa shape index (κ1) is 26.6. The molecule has 1 saturated heterocycles. The number of thioether (sulfide) groups is 1. The summed E-state index contributed by atoms with van der Waals surface area (Å²) in [5, 5.41) is 11.6. The number of hydrogen-bond donors (Lipinski definition) is 2. The zero-order valence-corrected chi connectivity index (χ0v) is 22.2. The molecule has 2 aliphatic rings. The third-order valence-corrected chi connectivity index (χ3v) is 7.81. The molecule has 2 aromatic carbocycles. The van der Waals surface area contributed by atoms with E-state index in [2.05, 4.69) is 5.32 Å². The van der Waals surface area contributed by atoms with Crippen LogP contribution in [0.15, 0.2) is 47.4 Å². The van der Waals surface area contributed by atoms with Crippen molar-refractivity contribution in [1.29, 1.82) is 0 Å². The Bertz CT molecular complexity index is 1340. The Morgan fingerprint density at radius 3 is 2.46 bits per heavy atom. The quantitative estimate of drug-likeness (QED) is 0.275. The minimum absolute atomic E-state index is 0.0840. The average Bonchev–Trinajstić information content (AvgIpc) is 3.28. The second kappa shape index (κ2) is 11.3. The van der Waals surface area contributed by atoms with Crippen LogP contribution in [0.1, 0.15) is 42.4 Å². The molecule has 0 bridgehead atoms. The molecule has 0 unspecified atom stereocenters. The molecule has 2 aliphatic heterocycles. The largest absolute Gasteiger partial charge is 0.481 e. The van der Waals surface area contributed by atoms with E-state index in [4.69, 9.17) is 17.3 Å². The first-order chi connectivity index (χ1) is 17.7. The molecule has 2 N–H and O–H groups in total. The molecule has 3 amide bonds. The number of fused-ring (bicyclic) bond motifs is 1. The van der Waals surface area contributed by atoms with E-state index in [1.165, 1.54) is 9.80 Å². The van der Waals surface area contributed by atoms with E-state index in [-0.39, 0.29) is 35.3 Å². The van der Waals surface area contributed by atoms with Gasteiger partial charge in [0, 0.05) is 24.2 Å². The molecule has 10 heteroatoms. The molecule has 0 radical (unpaired) electrons. The summed E-state index contributed by atoms with van der Waals surface area (Å²) in [4.78, 5) is 53.5. The van der Waals surface area contributed by atoms with Crippen LogP contribution in [0, 0.1) is 13.8 Å². The van der Waals surface area contributed by atoms with Gasteiger partial charge in [0.1, 0.15) is 10.9 Å². The lowest BCUT2D eigenvalue weighted by atomic mass is 10.1. The fourth-order valence-corrected chi connectivity index (χ4v) is 5.66. The van der Waals surface area contributed by atoms with E-state index in [9.17, 15) is 19.2 Å². The number of carboxylic acids is 1. The molecule has 1 fully saturated rings. The maximum absolute atomic E-state index is 13.6. The van der Waals surface area contributed by atoms with E-state index in [0.717, 1.165) is 22.9 Å². The van der Waals surface area contributed by atoms with Crippen LogP contribution in [-0.4, -0.2) is 51.1 Å². The summed E-state index contributed by atoms with van der Waals surface area (Å²) in [6, 6.07) is 12.7. The number of nitrogens with zero attached hydrogens (tertiary/aromatic N) is 2.